The summed E-state index contributed by atoms with van der Waals surface area (Å²) >= 11 is 0. The molecule has 14 heavy (non-hydrogen) atoms. The Labute approximate surface area is 88.4 Å². The van der Waals surface area contributed by atoms with Gasteiger partial charge < -0.3 is 4.74 Å². The van der Waals surface area contributed by atoms with Crippen LogP contribution < -0.4 is 0 Å². The van der Waals surface area contributed by atoms with Crippen LogP contribution in [0.4, 0.5) is 0 Å². The summed E-state index contributed by atoms with van der Waals surface area (Å²) in [6.45, 7) is 11.2. The Hall–Kier alpha value is -0.183. The first-order valence-electron chi connectivity index (χ1n) is 4.85. The lowest BCUT2D eigenvalue weighted by Gasteiger charge is -2.10. The highest BCUT2D eigenvalue weighted by Gasteiger charge is 2.38. The molecule has 0 radical (unpaired) electrons. The van der Waals surface area contributed by atoms with Gasteiger partial charge in [-0.1, -0.05) is 19.6 Å². The zero-order valence-corrected chi connectivity index (χ0v) is 11.6. The van der Waals surface area contributed by atoms with Crippen LogP contribution in [0.15, 0.2) is 11.2 Å². The molecule has 0 bridgehead atoms. The molecule has 0 spiro atoms. The molecule has 0 aromatic rings. The van der Waals surface area contributed by atoms with Gasteiger partial charge in [0.25, 0.3) is 0 Å². The Bertz CT molecular complexity index is 221. The third-order valence-corrected chi connectivity index (χ3v) is 6.78. The maximum absolute atomic E-state index is 11.7. The minimum Gasteiger partial charge on any atom is -0.497 e. The van der Waals surface area contributed by atoms with Gasteiger partial charge in [-0.2, -0.15) is 0 Å². The third kappa shape index (κ3) is 4.89. The van der Waals surface area contributed by atoms with Gasteiger partial charge in [0.1, 0.15) is 20.9 Å². The molecular weight excluding hydrogens is 215 g/mol. The van der Waals surface area contributed by atoms with Crippen LogP contribution >= 0.6 is 8.03 Å². The number of hydrogen-bond acceptors (Lipinski definition) is 3. The molecule has 0 aliphatic rings. The summed E-state index contributed by atoms with van der Waals surface area (Å²) in [5, 5.41) is 0. The summed E-state index contributed by atoms with van der Waals surface area (Å²) in [5.74, 6) is 0. The lowest BCUT2D eigenvalue weighted by Crippen LogP contribution is -2.22. The molecule has 1 unspecified atom stereocenters. The highest BCUT2D eigenvalue weighted by Crippen LogP contribution is 2.39. The smallest absolute Gasteiger partial charge is 0.497 e. The van der Waals surface area contributed by atoms with Crippen LogP contribution in [0.5, 0.6) is 0 Å². The van der Waals surface area contributed by atoms with Crippen molar-refractivity contribution in [3.8, 4) is 0 Å². The number of ether oxygens (including phenoxy) is 1. The van der Waals surface area contributed by atoms with Crippen molar-refractivity contribution < 1.29 is 13.8 Å². The first-order chi connectivity index (χ1) is 6.43. The molecule has 0 saturated heterocycles. The van der Waals surface area contributed by atoms with E-state index < -0.39 is 16.1 Å². The molecule has 3 nitrogen and oxygen atoms in total. The van der Waals surface area contributed by atoms with Crippen LogP contribution in [0.25, 0.3) is 0 Å². The second-order valence-corrected chi connectivity index (χ2v) is 10.6. The summed E-state index contributed by atoms with van der Waals surface area (Å²) < 4.78 is 22.0. The van der Waals surface area contributed by atoms with E-state index >= 15 is 0 Å². The van der Waals surface area contributed by atoms with Crippen molar-refractivity contribution in [1.29, 1.82) is 0 Å². The third-order valence-electron chi connectivity index (χ3n) is 1.57. The Morgan fingerprint density at radius 1 is 1.29 bits per heavy atom. The largest absolute Gasteiger partial charge is 0.541 e. The Balaban J connectivity index is 4.64. The second kappa shape index (κ2) is 6.33. The van der Waals surface area contributed by atoms with Crippen LogP contribution in [0.3, 0.4) is 0 Å². The monoisotopic (exact) mass is 235 g/mol. The molecule has 0 heterocycles. The van der Waals surface area contributed by atoms with Crippen molar-refractivity contribution in [1.82, 2.24) is 0 Å². The maximum Gasteiger partial charge on any atom is 0.541 e. The van der Waals surface area contributed by atoms with E-state index in [4.69, 9.17) is 9.26 Å². The van der Waals surface area contributed by atoms with Gasteiger partial charge >= 0.3 is 8.03 Å². The fraction of sp³-hybridized carbons (Fsp3) is 0.778. The van der Waals surface area contributed by atoms with Crippen LogP contribution in [-0.2, 0) is 13.8 Å². The van der Waals surface area contributed by atoms with E-state index in [1.54, 1.807) is 6.26 Å². The van der Waals surface area contributed by atoms with E-state index in [-0.39, 0.29) is 0 Å². The van der Waals surface area contributed by atoms with E-state index in [9.17, 15) is 4.57 Å². The molecule has 1 atom stereocenters. The number of hydrogen-bond donors (Lipinski definition) is 0. The van der Waals surface area contributed by atoms with E-state index in [1.165, 1.54) is 0 Å². The molecule has 0 aromatic carbocycles. The van der Waals surface area contributed by atoms with Crippen molar-refractivity contribution >= 4 is 16.1 Å². The molecule has 0 amide bonds. The highest BCUT2D eigenvalue weighted by molar-refractivity contribution is 7.50. The van der Waals surface area contributed by atoms with Gasteiger partial charge in [-0.05, 0) is 18.4 Å². The zero-order chi connectivity index (χ0) is 11.2. The van der Waals surface area contributed by atoms with Gasteiger partial charge in [0.05, 0.1) is 6.61 Å². The number of rotatable bonds is 6. The first kappa shape index (κ1) is 13.8. The van der Waals surface area contributed by atoms with Crippen molar-refractivity contribution in [2.45, 2.75) is 33.5 Å². The van der Waals surface area contributed by atoms with Crippen molar-refractivity contribution in [3.63, 3.8) is 0 Å². The SMILES string of the molecule is CCO/C=C(/[P+](=O)OCC)[Si](C)(C)C. The van der Waals surface area contributed by atoms with Gasteiger partial charge in [0.15, 0.2) is 0 Å². The fourth-order valence-electron chi connectivity index (χ4n) is 0.843. The summed E-state index contributed by atoms with van der Waals surface area (Å²) in [4.78, 5) is 0.858. The average molecular weight is 235 g/mol. The molecule has 0 aliphatic heterocycles. The van der Waals surface area contributed by atoms with E-state index in [0.717, 1.165) is 4.94 Å². The maximum atomic E-state index is 11.7. The fourth-order valence-corrected chi connectivity index (χ4v) is 4.20. The van der Waals surface area contributed by atoms with E-state index in [2.05, 4.69) is 19.6 Å². The Kier molecular flexibility index (Phi) is 6.25. The lowest BCUT2D eigenvalue weighted by molar-refractivity contribution is 0.268. The molecule has 0 aliphatic carbocycles. The van der Waals surface area contributed by atoms with E-state index in [0.29, 0.717) is 13.2 Å². The summed E-state index contributed by atoms with van der Waals surface area (Å²) in [5.41, 5.74) is 0. The van der Waals surface area contributed by atoms with Crippen LogP contribution in [0.1, 0.15) is 13.8 Å². The molecule has 0 fully saturated rings. The summed E-state index contributed by atoms with van der Waals surface area (Å²) in [7, 11) is -3.29. The quantitative estimate of drug-likeness (QED) is 0.401. The molecular formula is C9H20O3PSi+. The van der Waals surface area contributed by atoms with E-state index in [1.807, 2.05) is 13.8 Å². The van der Waals surface area contributed by atoms with Crippen molar-refractivity contribution in [3.05, 3.63) is 11.2 Å². The predicted molar refractivity (Wildman–Crippen MR) is 62.3 cm³/mol. The van der Waals surface area contributed by atoms with Gasteiger partial charge in [0, 0.05) is 0 Å². The lowest BCUT2D eigenvalue weighted by atomic mass is 10.9. The summed E-state index contributed by atoms with van der Waals surface area (Å²) in [6.07, 6.45) is 1.63. The second-order valence-electron chi connectivity index (χ2n) is 3.88. The minimum atomic E-state index is -1.70. The first-order valence-corrected chi connectivity index (χ1v) is 9.53. The van der Waals surface area contributed by atoms with Gasteiger partial charge in [-0.25, -0.2) is 0 Å². The average Bonchev–Trinajstić information content (AvgIpc) is 2.03. The minimum absolute atomic E-state index is 0.475. The van der Waals surface area contributed by atoms with Crippen molar-refractivity contribution in [2.75, 3.05) is 13.2 Å². The zero-order valence-electron chi connectivity index (χ0n) is 9.66. The highest BCUT2D eigenvalue weighted by atomic mass is 31.1. The summed E-state index contributed by atoms with van der Waals surface area (Å²) in [6, 6.07) is 0. The van der Waals surface area contributed by atoms with Gasteiger partial charge in [0.2, 0.25) is 4.94 Å². The molecule has 0 aromatic heterocycles. The topological polar surface area (TPSA) is 35.5 Å². The Morgan fingerprint density at radius 3 is 2.21 bits per heavy atom. The predicted octanol–water partition coefficient (Wildman–Crippen LogP) is 3.52. The molecule has 0 saturated carbocycles. The van der Waals surface area contributed by atoms with Crippen LogP contribution in [0, 0.1) is 0 Å². The van der Waals surface area contributed by atoms with Crippen molar-refractivity contribution in [2.24, 2.45) is 0 Å². The molecule has 82 valence electrons. The molecule has 0 N–H and O–H groups in total. The van der Waals surface area contributed by atoms with Gasteiger partial charge in [-0.3, -0.25) is 0 Å². The normalized spacial score (nSPS) is 14.1. The van der Waals surface area contributed by atoms with Crippen LogP contribution in [0.2, 0.25) is 19.6 Å². The molecule has 5 heteroatoms. The van der Waals surface area contributed by atoms with Gasteiger partial charge in [-0.15, -0.1) is 4.52 Å². The van der Waals surface area contributed by atoms with Crippen LogP contribution in [-0.4, -0.2) is 21.3 Å². The Morgan fingerprint density at radius 2 is 1.86 bits per heavy atom. The standard InChI is InChI=1S/C9H20O3PSi/c1-6-11-8-9(14(3,4)5)13(10)12-7-2/h8H,6-7H2,1-5H3/q+1/b9-8-. The molecule has 0 rings (SSSR count).